The van der Waals surface area contributed by atoms with E-state index in [-0.39, 0.29) is 6.04 Å². The fourth-order valence-corrected chi connectivity index (χ4v) is 3.20. The minimum Gasteiger partial charge on any atom is -0.195 e. The van der Waals surface area contributed by atoms with E-state index in [1.165, 1.54) is 4.31 Å². The van der Waals surface area contributed by atoms with Crippen molar-refractivity contribution in [2.75, 3.05) is 20.1 Å². The third kappa shape index (κ3) is 2.03. The summed E-state index contributed by atoms with van der Waals surface area (Å²) in [6.07, 6.45) is 1.97. The standard InChI is InChI=1S/C8H18N2O2S/c1-4-9(3)13(11,12)10-7-5-6-8(10)2/h8H,4-7H2,1-3H3. The number of hydrogen-bond donors (Lipinski definition) is 0. The Kier molecular flexibility index (Phi) is 3.32. The van der Waals surface area contributed by atoms with E-state index < -0.39 is 10.2 Å². The zero-order valence-corrected chi connectivity index (χ0v) is 9.34. The van der Waals surface area contributed by atoms with Gasteiger partial charge in [0.1, 0.15) is 0 Å². The molecule has 1 saturated heterocycles. The molecule has 1 aliphatic rings. The van der Waals surface area contributed by atoms with Gasteiger partial charge in [-0.3, -0.25) is 0 Å². The molecule has 0 aromatic carbocycles. The van der Waals surface area contributed by atoms with Crippen molar-refractivity contribution in [2.24, 2.45) is 0 Å². The van der Waals surface area contributed by atoms with E-state index in [9.17, 15) is 8.42 Å². The highest BCUT2D eigenvalue weighted by molar-refractivity contribution is 7.86. The van der Waals surface area contributed by atoms with Gasteiger partial charge in [-0.1, -0.05) is 6.92 Å². The minimum absolute atomic E-state index is 0.166. The van der Waals surface area contributed by atoms with Crippen LogP contribution in [0.2, 0.25) is 0 Å². The molecule has 1 unspecified atom stereocenters. The Balaban J connectivity index is 2.80. The lowest BCUT2D eigenvalue weighted by molar-refractivity contribution is 0.360. The van der Waals surface area contributed by atoms with E-state index >= 15 is 0 Å². The van der Waals surface area contributed by atoms with Crippen molar-refractivity contribution in [1.82, 2.24) is 8.61 Å². The van der Waals surface area contributed by atoms with Crippen LogP contribution in [0.25, 0.3) is 0 Å². The van der Waals surface area contributed by atoms with Gasteiger partial charge in [-0.05, 0) is 19.8 Å². The molecule has 1 aliphatic heterocycles. The Morgan fingerprint density at radius 2 is 2.15 bits per heavy atom. The largest absolute Gasteiger partial charge is 0.281 e. The first-order valence-electron chi connectivity index (χ1n) is 4.73. The fourth-order valence-electron chi connectivity index (χ4n) is 1.59. The van der Waals surface area contributed by atoms with Crippen LogP contribution < -0.4 is 0 Å². The first kappa shape index (κ1) is 10.9. The molecule has 1 fully saturated rings. The van der Waals surface area contributed by atoms with Gasteiger partial charge in [0.15, 0.2) is 0 Å². The molecule has 13 heavy (non-hydrogen) atoms. The van der Waals surface area contributed by atoms with E-state index in [2.05, 4.69) is 0 Å². The first-order valence-corrected chi connectivity index (χ1v) is 6.13. The zero-order chi connectivity index (χ0) is 10.1. The highest BCUT2D eigenvalue weighted by Gasteiger charge is 2.33. The van der Waals surface area contributed by atoms with E-state index in [0.29, 0.717) is 13.1 Å². The van der Waals surface area contributed by atoms with E-state index in [1.54, 1.807) is 11.4 Å². The maximum atomic E-state index is 11.8. The van der Waals surface area contributed by atoms with Gasteiger partial charge >= 0.3 is 0 Å². The maximum absolute atomic E-state index is 11.8. The monoisotopic (exact) mass is 206 g/mol. The van der Waals surface area contributed by atoms with E-state index in [4.69, 9.17) is 0 Å². The Morgan fingerprint density at radius 3 is 2.54 bits per heavy atom. The summed E-state index contributed by atoms with van der Waals surface area (Å²) in [5, 5.41) is 0. The van der Waals surface area contributed by atoms with Crippen LogP contribution >= 0.6 is 0 Å². The van der Waals surface area contributed by atoms with E-state index in [0.717, 1.165) is 12.8 Å². The van der Waals surface area contributed by atoms with Gasteiger partial charge < -0.3 is 0 Å². The molecule has 0 bridgehead atoms. The van der Waals surface area contributed by atoms with Crippen LogP contribution in [-0.4, -0.2) is 43.2 Å². The zero-order valence-electron chi connectivity index (χ0n) is 8.52. The van der Waals surface area contributed by atoms with Gasteiger partial charge in [-0.15, -0.1) is 0 Å². The van der Waals surface area contributed by atoms with Crippen LogP contribution in [0.15, 0.2) is 0 Å². The molecule has 78 valence electrons. The third-order valence-electron chi connectivity index (χ3n) is 2.63. The Hall–Kier alpha value is -0.130. The van der Waals surface area contributed by atoms with Crippen molar-refractivity contribution in [3.63, 3.8) is 0 Å². The van der Waals surface area contributed by atoms with Gasteiger partial charge in [0.2, 0.25) is 0 Å². The summed E-state index contributed by atoms with van der Waals surface area (Å²) in [4.78, 5) is 0. The Bertz CT molecular complexity index is 263. The van der Waals surface area contributed by atoms with Gasteiger partial charge in [-0.25, -0.2) is 0 Å². The van der Waals surface area contributed by atoms with Gasteiger partial charge in [0, 0.05) is 26.2 Å². The molecule has 0 N–H and O–H groups in total. The average Bonchev–Trinajstić information content (AvgIpc) is 2.50. The predicted molar refractivity (Wildman–Crippen MR) is 52.6 cm³/mol. The smallest absolute Gasteiger partial charge is 0.195 e. The third-order valence-corrected chi connectivity index (χ3v) is 4.81. The van der Waals surface area contributed by atoms with Gasteiger partial charge in [0.25, 0.3) is 10.2 Å². The normalized spacial score (nSPS) is 25.7. The Labute approximate surface area is 80.7 Å². The second kappa shape index (κ2) is 3.94. The van der Waals surface area contributed by atoms with Crippen molar-refractivity contribution in [2.45, 2.75) is 32.7 Å². The SMILES string of the molecule is CCN(C)S(=O)(=O)N1CCCC1C. The van der Waals surface area contributed by atoms with Crippen molar-refractivity contribution in [1.29, 1.82) is 0 Å². The lowest BCUT2D eigenvalue weighted by Gasteiger charge is -2.26. The molecule has 0 aromatic rings. The molecule has 0 saturated carbocycles. The van der Waals surface area contributed by atoms with Crippen LogP contribution in [0, 0.1) is 0 Å². The number of hydrogen-bond acceptors (Lipinski definition) is 2. The first-order chi connectivity index (χ1) is 6.00. The summed E-state index contributed by atoms with van der Waals surface area (Å²) < 4.78 is 26.6. The van der Waals surface area contributed by atoms with Gasteiger partial charge in [0.05, 0.1) is 0 Å². The summed E-state index contributed by atoms with van der Waals surface area (Å²) in [5.41, 5.74) is 0. The molecular formula is C8H18N2O2S. The summed E-state index contributed by atoms with van der Waals surface area (Å²) in [5.74, 6) is 0. The lowest BCUT2D eigenvalue weighted by Crippen LogP contribution is -2.43. The molecule has 5 heteroatoms. The molecule has 0 radical (unpaired) electrons. The maximum Gasteiger partial charge on any atom is 0.281 e. The van der Waals surface area contributed by atoms with Crippen molar-refractivity contribution in [3.8, 4) is 0 Å². The fraction of sp³-hybridized carbons (Fsp3) is 1.00. The second-order valence-electron chi connectivity index (χ2n) is 3.52. The minimum atomic E-state index is -3.17. The summed E-state index contributed by atoms with van der Waals surface area (Å²) in [6, 6.07) is 0.166. The molecule has 0 aromatic heterocycles. The molecule has 0 spiro atoms. The summed E-state index contributed by atoms with van der Waals surface area (Å²) >= 11 is 0. The quantitative estimate of drug-likeness (QED) is 0.681. The highest BCUT2D eigenvalue weighted by atomic mass is 32.2. The van der Waals surface area contributed by atoms with Crippen LogP contribution in [-0.2, 0) is 10.2 Å². The van der Waals surface area contributed by atoms with E-state index in [1.807, 2.05) is 13.8 Å². The molecule has 1 rings (SSSR count). The summed E-state index contributed by atoms with van der Waals surface area (Å²) in [7, 11) is -1.55. The van der Waals surface area contributed by atoms with Crippen LogP contribution in [0.3, 0.4) is 0 Å². The second-order valence-corrected chi connectivity index (χ2v) is 5.51. The highest BCUT2D eigenvalue weighted by Crippen LogP contribution is 2.21. The summed E-state index contributed by atoms with van der Waals surface area (Å²) in [6.45, 7) is 5.02. The molecule has 4 nitrogen and oxygen atoms in total. The molecular weight excluding hydrogens is 188 g/mol. The molecule has 0 amide bonds. The van der Waals surface area contributed by atoms with Gasteiger partial charge in [-0.2, -0.15) is 17.0 Å². The predicted octanol–water partition coefficient (Wildman–Crippen LogP) is 0.667. The Morgan fingerprint density at radius 1 is 1.54 bits per heavy atom. The molecule has 1 heterocycles. The molecule has 0 aliphatic carbocycles. The number of rotatable bonds is 3. The lowest BCUT2D eigenvalue weighted by atomic mass is 10.3. The number of nitrogens with zero attached hydrogens (tertiary/aromatic N) is 2. The van der Waals surface area contributed by atoms with Crippen molar-refractivity contribution < 1.29 is 8.42 Å². The van der Waals surface area contributed by atoms with Crippen LogP contribution in [0.1, 0.15) is 26.7 Å². The average molecular weight is 206 g/mol. The topological polar surface area (TPSA) is 40.6 Å². The van der Waals surface area contributed by atoms with Crippen molar-refractivity contribution in [3.05, 3.63) is 0 Å². The van der Waals surface area contributed by atoms with Crippen LogP contribution in [0.5, 0.6) is 0 Å². The van der Waals surface area contributed by atoms with Crippen molar-refractivity contribution >= 4 is 10.2 Å². The molecule has 1 atom stereocenters. The van der Waals surface area contributed by atoms with Crippen LogP contribution in [0.4, 0.5) is 0 Å².